The Morgan fingerprint density at radius 1 is 1.60 bits per heavy atom. The summed E-state index contributed by atoms with van der Waals surface area (Å²) in [5.41, 5.74) is -0.226. The van der Waals surface area contributed by atoms with E-state index in [-0.39, 0.29) is 24.2 Å². The van der Waals surface area contributed by atoms with E-state index in [9.17, 15) is 4.79 Å². The minimum Gasteiger partial charge on any atom is -0.468 e. The number of hydrogen-bond acceptors (Lipinski definition) is 4. The number of aliphatic hydroxyl groups is 1. The molecule has 0 saturated heterocycles. The van der Waals surface area contributed by atoms with E-state index in [1.54, 1.807) is 0 Å². The second-order valence-corrected chi connectivity index (χ2v) is 4.84. The van der Waals surface area contributed by atoms with Crippen molar-refractivity contribution in [2.45, 2.75) is 44.7 Å². The van der Waals surface area contributed by atoms with Crippen LogP contribution < -0.4 is 5.32 Å². The molecule has 0 aromatic rings. The van der Waals surface area contributed by atoms with Crippen molar-refractivity contribution in [2.24, 2.45) is 5.92 Å². The lowest BCUT2D eigenvalue weighted by Crippen LogP contribution is -2.51. The van der Waals surface area contributed by atoms with E-state index in [1.165, 1.54) is 7.11 Å². The van der Waals surface area contributed by atoms with Crippen molar-refractivity contribution in [2.75, 3.05) is 13.7 Å². The van der Waals surface area contributed by atoms with Gasteiger partial charge in [-0.3, -0.25) is 10.1 Å². The summed E-state index contributed by atoms with van der Waals surface area (Å²) in [5, 5.41) is 12.2. The minimum absolute atomic E-state index is 0.124. The Hall–Kier alpha value is -0.610. The minimum atomic E-state index is -0.226. The van der Waals surface area contributed by atoms with Gasteiger partial charge < -0.3 is 9.84 Å². The maximum atomic E-state index is 11.5. The molecule has 1 fully saturated rings. The molecular formula is C11H21NO3. The summed E-state index contributed by atoms with van der Waals surface area (Å²) in [5.74, 6) is 0.221. The Balaban J connectivity index is 2.53. The molecule has 1 unspecified atom stereocenters. The summed E-state index contributed by atoms with van der Waals surface area (Å²) in [6.07, 6.45) is 2.80. The summed E-state index contributed by atoms with van der Waals surface area (Å²) < 4.78 is 4.77. The summed E-state index contributed by atoms with van der Waals surface area (Å²) in [6.45, 7) is 4.10. The van der Waals surface area contributed by atoms with Gasteiger partial charge in [-0.25, -0.2) is 0 Å². The Bertz CT molecular complexity index is 224. The molecular weight excluding hydrogens is 194 g/mol. The first kappa shape index (κ1) is 12.5. The van der Waals surface area contributed by atoms with Crippen molar-refractivity contribution in [1.82, 2.24) is 5.32 Å². The summed E-state index contributed by atoms with van der Waals surface area (Å²) in [4.78, 5) is 11.5. The molecule has 0 aromatic heterocycles. The number of carbonyl (C=O) groups excluding carboxylic acids is 1. The zero-order valence-corrected chi connectivity index (χ0v) is 9.75. The van der Waals surface area contributed by atoms with E-state index in [0.717, 1.165) is 12.8 Å². The summed E-state index contributed by atoms with van der Waals surface area (Å²) in [7, 11) is 1.42. The van der Waals surface area contributed by atoms with Crippen molar-refractivity contribution in [3.63, 3.8) is 0 Å². The second kappa shape index (κ2) is 4.94. The Labute approximate surface area is 91.0 Å². The quantitative estimate of drug-likeness (QED) is 0.640. The largest absolute Gasteiger partial charge is 0.468 e. The van der Waals surface area contributed by atoms with Gasteiger partial charge in [-0.1, -0.05) is 0 Å². The van der Waals surface area contributed by atoms with Crippen molar-refractivity contribution in [1.29, 1.82) is 0 Å². The molecule has 1 aliphatic carbocycles. The van der Waals surface area contributed by atoms with Gasteiger partial charge in [0.25, 0.3) is 0 Å². The number of esters is 1. The molecule has 0 amide bonds. The predicted octanol–water partition coefficient (Wildman–Crippen LogP) is 0.689. The van der Waals surface area contributed by atoms with Gasteiger partial charge in [0.05, 0.1) is 7.11 Å². The van der Waals surface area contributed by atoms with Gasteiger partial charge in [0.15, 0.2) is 0 Å². The first-order valence-electron chi connectivity index (χ1n) is 5.46. The lowest BCUT2D eigenvalue weighted by molar-refractivity contribution is -0.144. The number of carbonyl (C=O) groups is 1. The molecule has 15 heavy (non-hydrogen) atoms. The fraction of sp³-hybridized carbons (Fsp3) is 0.909. The van der Waals surface area contributed by atoms with Crippen LogP contribution in [0.5, 0.6) is 0 Å². The van der Waals surface area contributed by atoms with Crippen LogP contribution in [0.2, 0.25) is 0 Å². The average molecular weight is 215 g/mol. The van der Waals surface area contributed by atoms with Crippen LogP contribution in [0.25, 0.3) is 0 Å². The van der Waals surface area contributed by atoms with E-state index >= 15 is 0 Å². The van der Waals surface area contributed by atoms with Gasteiger partial charge in [-0.2, -0.15) is 0 Å². The van der Waals surface area contributed by atoms with Crippen LogP contribution in [0.4, 0.5) is 0 Å². The highest BCUT2D eigenvalue weighted by Crippen LogP contribution is 2.34. The zero-order chi connectivity index (χ0) is 11.5. The van der Waals surface area contributed by atoms with Gasteiger partial charge >= 0.3 is 5.97 Å². The van der Waals surface area contributed by atoms with E-state index in [2.05, 4.69) is 5.32 Å². The van der Waals surface area contributed by atoms with Crippen molar-refractivity contribution in [3.05, 3.63) is 0 Å². The molecule has 2 N–H and O–H groups in total. The van der Waals surface area contributed by atoms with Crippen LogP contribution in [0.1, 0.15) is 33.1 Å². The van der Waals surface area contributed by atoms with Crippen LogP contribution >= 0.6 is 0 Å². The first-order chi connectivity index (χ1) is 7.00. The van der Waals surface area contributed by atoms with Crippen LogP contribution in [-0.4, -0.2) is 36.4 Å². The SMILES string of the molecule is COC(=O)C(NC(C)(C)CCO)C1CC1. The number of nitrogens with one attached hydrogen (secondary N) is 1. The standard InChI is InChI=1S/C11H21NO3/c1-11(2,6-7-13)12-9(8-4-5-8)10(14)15-3/h8-9,12-13H,4-7H2,1-3H3. The number of rotatable bonds is 6. The molecule has 0 aliphatic heterocycles. The number of aliphatic hydroxyl groups excluding tert-OH is 1. The van der Waals surface area contributed by atoms with Crippen LogP contribution in [0, 0.1) is 5.92 Å². The fourth-order valence-electron chi connectivity index (χ4n) is 1.70. The molecule has 1 aliphatic rings. The van der Waals surface area contributed by atoms with Crippen molar-refractivity contribution < 1.29 is 14.6 Å². The van der Waals surface area contributed by atoms with Crippen LogP contribution in [0.15, 0.2) is 0 Å². The van der Waals surface area contributed by atoms with E-state index < -0.39 is 0 Å². The van der Waals surface area contributed by atoms with E-state index in [4.69, 9.17) is 9.84 Å². The first-order valence-corrected chi connectivity index (χ1v) is 5.46. The van der Waals surface area contributed by atoms with Crippen molar-refractivity contribution in [3.8, 4) is 0 Å². The van der Waals surface area contributed by atoms with Gasteiger partial charge in [0.2, 0.25) is 0 Å². The van der Waals surface area contributed by atoms with Crippen molar-refractivity contribution >= 4 is 5.97 Å². The molecule has 0 radical (unpaired) electrons. The predicted molar refractivity (Wildman–Crippen MR) is 57.4 cm³/mol. The topological polar surface area (TPSA) is 58.6 Å². The molecule has 1 saturated carbocycles. The maximum absolute atomic E-state index is 11.5. The molecule has 0 spiro atoms. The third kappa shape index (κ3) is 3.80. The van der Waals surface area contributed by atoms with E-state index in [0.29, 0.717) is 12.3 Å². The zero-order valence-electron chi connectivity index (χ0n) is 9.75. The third-order valence-corrected chi connectivity index (χ3v) is 2.83. The molecule has 0 heterocycles. The number of hydrogen-bond donors (Lipinski definition) is 2. The normalized spacial score (nSPS) is 18.7. The molecule has 4 nitrogen and oxygen atoms in total. The highest BCUT2D eigenvalue weighted by molar-refractivity contribution is 5.76. The van der Waals surface area contributed by atoms with Crippen LogP contribution in [-0.2, 0) is 9.53 Å². The lowest BCUT2D eigenvalue weighted by atomic mass is 9.98. The highest BCUT2D eigenvalue weighted by atomic mass is 16.5. The molecule has 0 bridgehead atoms. The van der Waals surface area contributed by atoms with E-state index in [1.807, 2.05) is 13.8 Å². The van der Waals surface area contributed by atoms with Crippen LogP contribution in [0.3, 0.4) is 0 Å². The molecule has 4 heteroatoms. The Morgan fingerprint density at radius 3 is 2.60 bits per heavy atom. The number of methoxy groups -OCH3 is 1. The van der Waals surface area contributed by atoms with Gasteiger partial charge in [-0.05, 0) is 39.0 Å². The average Bonchev–Trinajstić information content (AvgIpc) is 2.96. The molecule has 0 aromatic carbocycles. The summed E-state index contributed by atoms with van der Waals surface area (Å²) >= 11 is 0. The fourth-order valence-corrected chi connectivity index (χ4v) is 1.70. The molecule has 1 rings (SSSR count). The smallest absolute Gasteiger partial charge is 0.323 e. The lowest BCUT2D eigenvalue weighted by Gasteiger charge is -2.30. The third-order valence-electron chi connectivity index (χ3n) is 2.83. The maximum Gasteiger partial charge on any atom is 0.323 e. The van der Waals surface area contributed by atoms with Gasteiger partial charge in [0, 0.05) is 12.1 Å². The Morgan fingerprint density at radius 2 is 2.20 bits per heavy atom. The summed E-state index contributed by atoms with van der Waals surface area (Å²) in [6, 6.07) is -0.212. The van der Waals surface area contributed by atoms with Gasteiger partial charge in [0.1, 0.15) is 6.04 Å². The number of ether oxygens (including phenoxy) is 1. The van der Waals surface area contributed by atoms with Gasteiger partial charge in [-0.15, -0.1) is 0 Å². The Kier molecular flexibility index (Phi) is 4.11. The monoisotopic (exact) mass is 215 g/mol. The molecule has 88 valence electrons. The second-order valence-electron chi connectivity index (χ2n) is 4.84. The molecule has 1 atom stereocenters. The highest BCUT2D eigenvalue weighted by Gasteiger charge is 2.39.